The van der Waals surface area contributed by atoms with Crippen molar-refractivity contribution in [1.29, 1.82) is 0 Å². The summed E-state index contributed by atoms with van der Waals surface area (Å²) in [7, 11) is 0. The Kier molecular flexibility index (Phi) is 18.4. The molecule has 0 atom stereocenters. The first-order valence-corrected chi connectivity index (χ1v) is 9.13. The third-order valence-corrected chi connectivity index (χ3v) is 4.07. The van der Waals surface area contributed by atoms with E-state index in [0.717, 1.165) is 6.42 Å². The molecule has 1 nitrogen and oxygen atoms in total. The number of hydrogen-bond acceptors (Lipinski definition) is 1. The van der Waals surface area contributed by atoms with Crippen LogP contribution < -0.4 is 0 Å². The summed E-state index contributed by atoms with van der Waals surface area (Å²) in [6.45, 7) is 4.13. The molecule has 0 aliphatic heterocycles. The molecule has 0 bridgehead atoms. The van der Waals surface area contributed by atoms with Gasteiger partial charge in [0, 0.05) is 6.61 Å². The first-order chi connectivity index (χ1) is 9.91. The summed E-state index contributed by atoms with van der Waals surface area (Å²) in [6.07, 6.45) is 23.7. The predicted molar refractivity (Wildman–Crippen MR) is 91.2 cm³/mol. The van der Waals surface area contributed by atoms with Crippen LogP contribution in [0.1, 0.15) is 103 Å². The van der Waals surface area contributed by atoms with Gasteiger partial charge in [0.15, 0.2) is 0 Å². The molecule has 0 saturated carbocycles. The van der Waals surface area contributed by atoms with Crippen LogP contribution in [0.25, 0.3) is 0 Å². The minimum Gasteiger partial charge on any atom is -0.396 e. The first kappa shape index (κ1) is 19.7. The van der Waals surface area contributed by atoms with Gasteiger partial charge in [0.25, 0.3) is 0 Å². The van der Waals surface area contributed by atoms with Crippen molar-refractivity contribution in [2.45, 2.75) is 103 Å². The maximum atomic E-state index is 8.68. The van der Waals surface area contributed by atoms with E-state index in [0.29, 0.717) is 6.61 Å². The van der Waals surface area contributed by atoms with Crippen molar-refractivity contribution >= 4 is 0 Å². The smallest absolute Gasteiger partial charge is 0.0431 e. The second kappa shape index (κ2) is 18.7. The van der Waals surface area contributed by atoms with Crippen LogP contribution >= 0.6 is 0 Å². The summed E-state index contributed by atoms with van der Waals surface area (Å²) in [4.78, 5) is 0. The van der Waals surface area contributed by atoms with Gasteiger partial charge in [-0.05, 0) is 19.3 Å². The Morgan fingerprint density at radius 3 is 1.10 bits per heavy atom. The molecule has 0 aromatic carbocycles. The number of allylic oxidation sites excluding steroid dienone is 1. The summed E-state index contributed by atoms with van der Waals surface area (Å²) in [5.41, 5.74) is 0. The molecule has 0 heterocycles. The molecular formula is C19H38O. The maximum absolute atomic E-state index is 8.68. The van der Waals surface area contributed by atoms with Crippen LogP contribution in [0.5, 0.6) is 0 Å². The lowest BCUT2D eigenvalue weighted by atomic mass is 10.0. The Hall–Kier alpha value is -0.300. The summed E-state index contributed by atoms with van der Waals surface area (Å²) < 4.78 is 0. The second-order valence-corrected chi connectivity index (χ2v) is 6.10. The quantitative estimate of drug-likeness (QED) is 0.241. The van der Waals surface area contributed by atoms with Crippen molar-refractivity contribution in [3.63, 3.8) is 0 Å². The highest BCUT2D eigenvalue weighted by Gasteiger charge is 1.94. The van der Waals surface area contributed by atoms with Crippen LogP contribution in [-0.4, -0.2) is 11.7 Å². The molecule has 0 fully saturated rings. The van der Waals surface area contributed by atoms with Crippen LogP contribution in [0.4, 0.5) is 0 Å². The molecule has 0 amide bonds. The fourth-order valence-electron chi connectivity index (χ4n) is 2.70. The summed E-state index contributed by atoms with van der Waals surface area (Å²) >= 11 is 0. The number of aliphatic hydroxyl groups excluding tert-OH is 1. The zero-order valence-electron chi connectivity index (χ0n) is 13.8. The van der Waals surface area contributed by atoms with E-state index in [-0.39, 0.29) is 0 Å². The molecule has 20 heavy (non-hydrogen) atoms. The fraction of sp³-hybridized carbons (Fsp3) is 0.895. The Bertz CT molecular complexity index is 177. The van der Waals surface area contributed by atoms with Crippen molar-refractivity contribution in [1.82, 2.24) is 0 Å². The van der Waals surface area contributed by atoms with E-state index >= 15 is 0 Å². The van der Waals surface area contributed by atoms with Gasteiger partial charge in [-0.1, -0.05) is 89.5 Å². The molecule has 0 unspecified atom stereocenters. The number of rotatable bonds is 17. The van der Waals surface area contributed by atoms with Crippen LogP contribution in [0.2, 0.25) is 0 Å². The molecule has 120 valence electrons. The third-order valence-electron chi connectivity index (χ3n) is 4.07. The minimum absolute atomic E-state index is 0.369. The fourth-order valence-corrected chi connectivity index (χ4v) is 2.70. The van der Waals surface area contributed by atoms with Crippen molar-refractivity contribution < 1.29 is 5.11 Å². The number of unbranched alkanes of at least 4 members (excludes halogenated alkanes) is 15. The number of hydrogen-bond donors (Lipinski definition) is 1. The summed E-state index contributed by atoms with van der Waals surface area (Å²) in [5, 5.41) is 8.68. The minimum atomic E-state index is 0.369. The average Bonchev–Trinajstić information content (AvgIpc) is 2.47. The van der Waals surface area contributed by atoms with E-state index in [1.54, 1.807) is 0 Å². The molecule has 0 aliphatic carbocycles. The van der Waals surface area contributed by atoms with Crippen LogP contribution in [0.15, 0.2) is 12.7 Å². The molecule has 0 aromatic rings. The van der Waals surface area contributed by atoms with Crippen molar-refractivity contribution in [3.05, 3.63) is 12.7 Å². The normalized spacial score (nSPS) is 10.8. The Morgan fingerprint density at radius 1 is 0.500 bits per heavy atom. The molecule has 0 aliphatic rings. The average molecular weight is 283 g/mol. The number of aliphatic hydroxyl groups is 1. The summed E-state index contributed by atoms with van der Waals surface area (Å²) in [5.74, 6) is 0. The van der Waals surface area contributed by atoms with E-state index in [9.17, 15) is 0 Å². The zero-order chi connectivity index (χ0) is 14.7. The lowest BCUT2D eigenvalue weighted by Gasteiger charge is -2.03. The van der Waals surface area contributed by atoms with Gasteiger partial charge < -0.3 is 5.11 Å². The molecule has 0 radical (unpaired) electrons. The van der Waals surface area contributed by atoms with E-state index in [1.807, 2.05) is 6.08 Å². The maximum Gasteiger partial charge on any atom is 0.0431 e. The molecule has 0 saturated heterocycles. The van der Waals surface area contributed by atoms with Gasteiger partial charge in [-0.15, -0.1) is 6.58 Å². The molecule has 1 heteroatoms. The molecular weight excluding hydrogens is 244 g/mol. The third kappa shape index (κ3) is 17.7. The summed E-state index contributed by atoms with van der Waals surface area (Å²) in [6, 6.07) is 0. The topological polar surface area (TPSA) is 20.2 Å². The molecule has 1 N–H and O–H groups in total. The SMILES string of the molecule is C=CCCCCCCCCCCCCCCCCCO. The van der Waals surface area contributed by atoms with E-state index < -0.39 is 0 Å². The Labute approximate surface area is 127 Å². The van der Waals surface area contributed by atoms with Gasteiger partial charge in [0.2, 0.25) is 0 Å². The molecule has 0 rings (SSSR count). The largest absolute Gasteiger partial charge is 0.396 e. The van der Waals surface area contributed by atoms with Gasteiger partial charge in [0.1, 0.15) is 0 Å². The standard InChI is InChI=1S/C19H38O/c1-2-3-4-5-6-7-8-9-10-11-12-13-14-15-16-17-18-19-20/h2,20H,1,3-19H2. The van der Waals surface area contributed by atoms with Crippen LogP contribution in [0.3, 0.4) is 0 Å². The zero-order valence-corrected chi connectivity index (χ0v) is 13.8. The highest BCUT2D eigenvalue weighted by molar-refractivity contribution is 4.65. The van der Waals surface area contributed by atoms with E-state index in [2.05, 4.69) is 6.58 Å². The van der Waals surface area contributed by atoms with Crippen molar-refractivity contribution in [3.8, 4) is 0 Å². The van der Waals surface area contributed by atoms with Crippen molar-refractivity contribution in [2.75, 3.05) is 6.61 Å². The van der Waals surface area contributed by atoms with Gasteiger partial charge in [-0.2, -0.15) is 0 Å². The Morgan fingerprint density at radius 2 is 0.800 bits per heavy atom. The highest BCUT2D eigenvalue weighted by Crippen LogP contribution is 2.13. The highest BCUT2D eigenvalue weighted by atomic mass is 16.2. The van der Waals surface area contributed by atoms with Gasteiger partial charge in [-0.3, -0.25) is 0 Å². The molecule has 0 spiro atoms. The van der Waals surface area contributed by atoms with E-state index in [1.165, 1.54) is 96.3 Å². The van der Waals surface area contributed by atoms with Gasteiger partial charge >= 0.3 is 0 Å². The van der Waals surface area contributed by atoms with E-state index in [4.69, 9.17) is 5.11 Å². The Balaban J connectivity index is 2.90. The van der Waals surface area contributed by atoms with Crippen LogP contribution in [0, 0.1) is 0 Å². The molecule has 0 aromatic heterocycles. The monoisotopic (exact) mass is 282 g/mol. The predicted octanol–water partition coefficient (Wildman–Crippen LogP) is 6.41. The first-order valence-electron chi connectivity index (χ1n) is 9.13. The van der Waals surface area contributed by atoms with Crippen molar-refractivity contribution in [2.24, 2.45) is 0 Å². The lowest BCUT2D eigenvalue weighted by molar-refractivity contribution is 0.282. The lowest BCUT2D eigenvalue weighted by Crippen LogP contribution is -1.85. The van der Waals surface area contributed by atoms with Gasteiger partial charge in [0.05, 0.1) is 0 Å². The second-order valence-electron chi connectivity index (χ2n) is 6.10. The van der Waals surface area contributed by atoms with Crippen LogP contribution in [-0.2, 0) is 0 Å². The van der Waals surface area contributed by atoms with Gasteiger partial charge in [-0.25, -0.2) is 0 Å².